The number of rotatable bonds is 5. The van der Waals surface area contributed by atoms with Gasteiger partial charge in [0, 0.05) is 0 Å². The molecule has 0 heterocycles. The van der Waals surface area contributed by atoms with Gasteiger partial charge in [-0.25, -0.2) is 0 Å². The maximum absolute atomic E-state index is 13.0. The largest absolute Gasteiger partial charge is 0.356 e. The molecule has 16 heavy (non-hydrogen) atoms. The van der Waals surface area contributed by atoms with E-state index < -0.39 is 31.5 Å². The lowest BCUT2D eigenvalue weighted by Gasteiger charge is -2.37. The van der Waals surface area contributed by atoms with Crippen LogP contribution >= 0.6 is 7.14 Å². The van der Waals surface area contributed by atoms with Gasteiger partial charge in [0.2, 0.25) is 0 Å². The molecular formula is C9H27O3PSi3. The van der Waals surface area contributed by atoms with Gasteiger partial charge in [0.15, 0.2) is 24.4 Å². The molecule has 0 rings (SSSR count). The van der Waals surface area contributed by atoms with E-state index >= 15 is 0 Å². The highest BCUT2D eigenvalue weighted by atomic mass is 31.5. The number of hydrogen-bond acceptors (Lipinski definition) is 3. The molecule has 0 amide bonds. The zero-order valence-electron chi connectivity index (χ0n) is 12.2. The second-order valence-electron chi connectivity index (χ2n) is 7.08. The Morgan fingerprint density at radius 2 is 0.938 bits per heavy atom. The summed E-state index contributed by atoms with van der Waals surface area (Å²) in [4.78, 5) is 0. The molecule has 0 atom stereocenters. The Hall–Kier alpha value is 0.801. The van der Waals surface area contributed by atoms with Gasteiger partial charge >= 0.3 is 0 Å². The van der Waals surface area contributed by atoms with E-state index in [1.54, 1.807) is 0 Å². The summed E-state index contributed by atoms with van der Waals surface area (Å²) in [6.45, 7) is 18.6. The lowest BCUT2D eigenvalue weighted by molar-refractivity contribution is 0.400. The normalized spacial score (nSPS) is 15.3. The fourth-order valence-electron chi connectivity index (χ4n) is 1.01. The summed E-state index contributed by atoms with van der Waals surface area (Å²) >= 11 is 0. The highest BCUT2D eigenvalue weighted by molar-refractivity contribution is 7.93. The smallest absolute Gasteiger partial charge is 0.278 e. The minimum Gasteiger partial charge on any atom is -0.356 e. The predicted molar refractivity (Wildman–Crippen MR) is 79.8 cm³/mol. The minimum atomic E-state index is -2.88. The zero-order valence-corrected chi connectivity index (χ0v) is 16.1. The molecule has 0 aromatic carbocycles. The van der Waals surface area contributed by atoms with Crippen LogP contribution in [0.3, 0.4) is 0 Å². The van der Waals surface area contributed by atoms with Crippen molar-refractivity contribution >= 4 is 31.5 Å². The topological polar surface area (TPSA) is 35.5 Å². The van der Waals surface area contributed by atoms with Crippen molar-refractivity contribution in [3.63, 3.8) is 0 Å². The van der Waals surface area contributed by atoms with E-state index in [-0.39, 0.29) is 0 Å². The molecule has 0 aliphatic carbocycles. The first-order valence-corrected chi connectivity index (χ1v) is 18.4. The zero-order chi connectivity index (χ0) is 13.4. The van der Waals surface area contributed by atoms with Crippen molar-refractivity contribution in [3.05, 3.63) is 0 Å². The van der Waals surface area contributed by atoms with Crippen LogP contribution in [-0.2, 0) is 13.0 Å². The number of hydrogen-bond donors (Lipinski definition) is 0. The summed E-state index contributed by atoms with van der Waals surface area (Å²) in [5.74, 6) is 0. The van der Waals surface area contributed by atoms with E-state index in [1.807, 2.05) is 0 Å². The minimum absolute atomic E-state index is 1.83. The third kappa shape index (κ3) is 5.93. The lowest BCUT2D eigenvalue weighted by atomic mass is 11.8. The summed E-state index contributed by atoms with van der Waals surface area (Å²) in [6.07, 6.45) is 0. The Balaban J connectivity index is 5.16. The summed E-state index contributed by atoms with van der Waals surface area (Å²) < 4.78 is 24.8. The van der Waals surface area contributed by atoms with Crippen molar-refractivity contribution in [2.45, 2.75) is 58.9 Å². The van der Waals surface area contributed by atoms with Gasteiger partial charge in [-0.3, -0.25) is 4.57 Å². The molecule has 0 aliphatic rings. The Labute approximate surface area is 104 Å². The average Bonchev–Trinajstić information content (AvgIpc) is 1.72. The van der Waals surface area contributed by atoms with Gasteiger partial charge in [-0.15, -0.1) is 0 Å². The molecule has 3 nitrogen and oxygen atoms in total. The molecule has 0 spiro atoms. The Kier molecular flexibility index (Phi) is 5.06. The summed E-state index contributed by atoms with van der Waals surface area (Å²) in [7, 11) is -8.50. The van der Waals surface area contributed by atoms with Crippen LogP contribution in [0.1, 0.15) is 0 Å². The molecule has 0 aromatic rings. The van der Waals surface area contributed by atoms with E-state index in [2.05, 4.69) is 58.9 Å². The van der Waals surface area contributed by atoms with Crippen LogP contribution in [0, 0.1) is 0 Å². The Morgan fingerprint density at radius 1 is 0.688 bits per heavy atom. The van der Waals surface area contributed by atoms with Crippen molar-refractivity contribution in [2.24, 2.45) is 0 Å². The second-order valence-corrected chi connectivity index (χ2v) is 28.0. The molecule has 0 fully saturated rings. The Morgan fingerprint density at radius 3 is 1.06 bits per heavy atom. The van der Waals surface area contributed by atoms with Gasteiger partial charge < -0.3 is 8.43 Å². The fourth-order valence-corrected chi connectivity index (χ4v) is 19.3. The van der Waals surface area contributed by atoms with Crippen LogP contribution in [0.5, 0.6) is 0 Å². The molecular weight excluding hydrogens is 271 g/mol. The second kappa shape index (κ2) is 4.82. The first-order valence-electron chi connectivity index (χ1n) is 5.68. The first kappa shape index (κ1) is 16.8. The van der Waals surface area contributed by atoms with Crippen molar-refractivity contribution in [1.82, 2.24) is 0 Å². The lowest BCUT2D eigenvalue weighted by Crippen LogP contribution is -2.37. The summed E-state index contributed by atoms with van der Waals surface area (Å²) in [5.41, 5.74) is 0. The molecule has 0 unspecified atom stereocenters. The van der Waals surface area contributed by atoms with E-state index in [0.29, 0.717) is 0 Å². The van der Waals surface area contributed by atoms with Crippen LogP contribution in [0.15, 0.2) is 0 Å². The molecule has 98 valence electrons. The van der Waals surface area contributed by atoms with E-state index in [0.717, 1.165) is 0 Å². The molecule has 0 saturated carbocycles. The van der Waals surface area contributed by atoms with Crippen LogP contribution < -0.4 is 0 Å². The maximum Gasteiger partial charge on any atom is 0.278 e. The van der Waals surface area contributed by atoms with Crippen LogP contribution in [-0.4, -0.2) is 24.4 Å². The molecule has 7 heteroatoms. The van der Waals surface area contributed by atoms with Gasteiger partial charge in [0.05, 0.1) is 0 Å². The summed E-state index contributed by atoms with van der Waals surface area (Å²) in [5, 5.41) is 0. The van der Waals surface area contributed by atoms with Crippen molar-refractivity contribution in [1.29, 1.82) is 0 Å². The van der Waals surface area contributed by atoms with Gasteiger partial charge in [0.25, 0.3) is 7.14 Å². The Bertz CT molecular complexity index is 266. The van der Waals surface area contributed by atoms with Gasteiger partial charge in [-0.1, -0.05) is 19.6 Å². The quantitative estimate of drug-likeness (QED) is 0.544. The molecule has 0 aromatic heterocycles. The highest BCUT2D eigenvalue weighted by Crippen LogP contribution is 2.60. The average molecular weight is 299 g/mol. The fraction of sp³-hybridized carbons (Fsp3) is 1.00. The summed E-state index contributed by atoms with van der Waals surface area (Å²) in [6, 6.07) is 0. The SMILES string of the molecule is C[Si](C)(C)OP(=O)(O[Si](C)(C)C)[Si](C)(C)C. The van der Waals surface area contributed by atoms with Crippen molar-refractivity contribution in [3.8, 4) is 0 Å². The molecule has 0 radical (unpaired) electrons. The van der Waals surface area contributed by atoms with Gasteiger partial charge in [0.1, 0.15) is 0 Å². The third-order valence-corrected chi connectivity index (χ3v) is 16.1. The predicted octanol–water partition coefficient (Wildman–Crippen LogP) is 4.72. The van der Waals surface area contributed by atoms with Crippen LogP contribution in [0.25, 0.3) is 0 Å². The van der Waals surface area contributed by atoms with E-state index in [1.165, 1.54) is 0 Å². The molecule has 0 saturated heterocycles. The van der Waals surface area contributed by atoms with Crippen LogP contribution in [0.4, 0.5) is 0 Å². The first-order chi connectivity index (χ1) is 6.66. The van der Waals surface area contributed by atoms with Crippen molar-refractivity contribution in [2.75, 3.05) is 0 Å². The monoisotopic (exact) mass is 298 g/mol. The maximum atomic E-state index is 13.0. The molecule has 0 bridgehead atoms. The standard InChI is InChI=1S/C9H27O3PSi3/c1-14(2,3)11-13(10,16(7,8)9)12-15(4,5)6/h1-9H3. The highest BCUT2D eigenvalue weighted by Gasteiger charge is 2.46. The van der Waals surface area contributed by atoms with Crippen molar-refractivity contribution < 1.29 is 13.0 Å². The third-order valence-electron chi connectivity index (χ3n) is 1.61. The van der Waals surface area contributed by atoms with E-state index in [9.17, 15) is 4.57 Å². The van der Waals surface area contributed by atoms with E-state index in [4.69, 9.17) is 8.43 Å². The van der Waals surface area contributed by atoms with Gasteiger partial charge in [-0.2, -0.15) is 0 Å². The van der Waals surface area contributed by atoms with Gasteiger partial charge in [-0.05, 0) is 39.3 Å². The van der Waals surface area contributed by atoms with Crippen LogP contribution in [0.2, 0.25) is 58.9 Å². The molecule has 0 aliphatic heterocycles. The molecule has 0 N–H and O–H groups in total.